The summed E-state index contributed by atoms with van der Waals surface area (Å²) in [6.07, 6.45) is 0. The maximum Gasteiger partial charge on any atom is 0.251 e. The smallest absolute Gasteiger partial charge is 0.251 e. The molecule has 0 aliphatic carbocycles. The van der Waals surface area contributed by atoms with Gasteiger partial charge in [-0.3, -0.25) is 9.59 Å². The van der Waals surface area contributed by atoms with Crippen LogP contribution in [0.15, 0.2) is 42.5 Å². The van der Waals surface area contributed by atoms with Gasteiger partial charge in [-0.25, -0.2) is 4.39 Å². The van der Waals surface area contributed by atoms with Crippen LogP contribution in [0.3, 0.4) is 0 Å². The Balaban J connectivity index is 2.03. The predicted molar refractivity (Wildman–Crippen MR) is 105 cm³/mol. The van der Waals surface area contributed by atoms with E-state index < -0.39 is 11.7 Å². The van der Waals surface area contributed by atoms with E-state index in [-0.39, 0.29) is 16.2 Å². The molecule has 2 aromatic carbocycles. The third-order valence-electron chi connectivity index (χ3n) is 3.63. The molecule has 0 unspecified atom stereocenters. The molecule has 0 aromatic heterocycles. The molecule has 138 valence electrons. The molecular weight excluding hydrogens is 351 g/mol. The molecule has 4 nitrogen and oxygen atoms in total. The minimum Gasteiger partial charge on any atom is -0.366 e. The highest BCUT2D eigenvalue weighted by molar-refractivity contribution is 8.00. The summed E-state index contributed by atoms with van der Waals surface area (Å²) in [4.78, 5) is 23.4. The van der Waals surface area contributed by atoms with Gasteiger partial charge in [0.05, 0.1) is 5.56 Å². The number of benzene rings is 2. The van der Waals surface area contributed by atoms with E-state index >= 15 is 0 Å². The van der Waals surface area contributed by atoms with Crippen LogP contribution in [0.25, 0.3) is 11.1 Å². The van der Waals surface area contributed by atoms with Crippen molar-refractivity contribution >= 4 is 23.6 Å². The molecule has 0 fully saturated rings. The summed E-state index contributed by atoms with van der Waals surface area (Å²) < 4.78 is 13.7. The van der Waals surface area contributed by atoms with Crippen LogP contribution in [0.5, 0.6) is 0 Å². The van der Waals surface area contributed by atoms with Gasteiger partial charge in [0, 0.05) is 22.6 Å². The van der Waals surface area contributed by atoms with E-state index in [4.69, 9.17) is 5.73 Å². The lowest BCUT2D eigenvalue weighted by atomic mass is 10.0. The van der Waals surface area contributed by atoms with Gasteiger partial charge in [-0.05, 0) is 35.4 Å². The molecule has 0 spiro atoms. The monoisotopic (exact) mass is 374 g/mol. The summed E-state index contributed by atoms with van der Waals surface area (Å²) in [6.45, 7) is 7.01. The predicted octanol–water partition coefficient (Wildman–Crippen LogP) is 3.85. The zero-order valence-electron chi connectivity index (χ0n) is 15.1. The second-order valence-electron chi connectivity index (χ2n) is 6.85. The van der Waals surface area contributed by atoms with Crippen LogP contribution in [0.4, 0.5) is 4.39 Å². The van der Waals surface area contributed by atoms with Crippen LogP contribution < -0.4 is 11.1 Å². The third-order valence-corrected chi connectivity index (χ3v) is 4.91. The molecule has 0 aliphatic heterocycles. The van der Waals surface area contributed by atoms with Gasteiger partial charge in [-0.1, -0.05) is 39.0 Å². The average Bonchev–Trinajstić information content (AvgIpc) is 2.58. The molecule has 2 amide bonds. The van der Waals surface area contributed by atoms with Gasteiger partial charge in [0.25, 0.3) is 11.8 Å². The minimum atomic E-state index is -0.812. The Kier molecular flexibility index (Phi) is 6.42. The van der Waals surface area contributed by atoms with E-state index in [2.05, 4.69) is 26.1 Å². The molecule has 0 saturated carbocycles. The maximum atomic E-state index is 13.6. The summed E-state index contributed by atoms with van der Waals surface area (Å²) in [5.74, 6) is -0.749. The lowest BCUT2D eigenvalue weighted by Crippen LogP contribution is -2.26. The number of amides is 2. The van der Waals surface area contributed by atoms with Gasteiger partial charge < -0.3 is 11.1 Å². The molecule has 26 heavy (non-hydrogen) atoms. The van der Waals surface area contributed by atoms with Crippen molar-refractivity contribution in [1.82, 2.24) is 5.32 Å². The number of nitrogens with two attached hydrogens (primary N) is 1. The Morgan fingerprint density at radius 2 is 1.69 bits per heavy atom. The Morgan fingerprint density at radius 1 is 1.08 bits per heavy atom. The lowest BCUT2D eigenvalue weighted by molar-refractivity contribution is 0.0954. The molecule has 6 heteroatoms. The van der Waals surface area contributed by atoms with Gasteiger partial charge >= 0.3 is 0 Å². The van der Waals surface area contributed by atoms with Gasteiger partial charge in [0.2, 0.25) is 0 Å². The van der Waals surface area contributed by atoms with Gasteiger partial charge in [-0.15, -0.1) is 0 Å². The zero-order valence-corrected chi connectivity index (χ0v) is 16.0. The highest BCUT2D eigenvalue weighted by atomic mass is 32.2. The topological polar surface area (TPSA) is 72.2 Å². The van der Waals surface area contributed by atoms with Crippen LogP contribution in [-0.2, 0) is 0 Å². The van der Waals surface area contributed by atoms with Crippen LogP contribution in [-0.4, -0.2) is 28.9 Å². The number of primary amides is 1. The zero-order chi connectivity index (χ0) is 19.3. The Bertz CT molecular complexity index is 798. The molecule has 2 rings (SSSR count). The first kappa shape index (κ1) is 20.0. The highest BCUT2D eigenvalue weighted by Gasteiger charge is 2.12. The molecular formula is C20H23FN2O2S. The van der Waals surface area contributed by atoms with Crippen molar-refractivity contribution in [2.75, 3.05) is 12.3 Å². The van der Waals surface area contributed by atoms with E-state index in [1.807, 2.05) is 0 Å². The summed E-state index contributed by atoms with van der Waals surface area (Å²) in [5, 5.41) is 2.89. The second kappa shape index (κ2) is 8.36. The molecule has 0 bridgehead atoms. The molecule has 0 radical (unpaired) electrons. The van der Waals surface area contributed by atoms with Gasteiger partial charge in [-0.2, -0.15) is 11.8 Å². The lowest BCUT2D eigenvalue weighted by Gasteiger charge is -2.17. The van der Waals surface area contributed by atoms with Crippen molar-refractivity contribution in [3.8, 4) is 11.1 Å². The Morgan fingerprint density at radius 3 is 2.27 bits per heavy atom. The third kappa shape index (κ3) is 5.59. The van der Waals surface area contributed by atoms with Gasteiger partial charge in [0.15, 0.2) is 0 Å². The number of rotatable bonds is 6. The van der Waals surface area contributed by atoms with Crippen molar-refractivity contribution in [3.63, 3.8) is 0 Å². The van der Waals surface area contributed by atoms with Crippen molar-refractivity contribution in [3.05, 3.63) is 59.4 Å². The van der Waals surface area contributed by atoms with Crippen molar-refractivity contribution in [1.29, 1.82) is 0 Å². The van der Waals surface area contributed by atoms with Crippen LogP contribution in [0.1, 0.15) is 41.5 Å². The van der Waals surface area contributed by atoms with E-state index in [0.29, 0.717) is 17.7 Å². The van der Waals surface area contributed by atoms with Crippen molar-refractivity contribution in [2.45, 2.75) is 25.5 Å². The van der Waals surface area contributed by atoms with Crippen LogP contribution in [0.2, 0.25) is 0 Å². The van der Waals surface area contributed by atoms with Crippen LogP contribution in [0, 0.1) is 5.82 Å². The van der Waals surface area contributed by atoms with E-state index in [1.165, 1.54) is 12.1 Å². The summed E-state index contributed by atoms with van der Waals surface area (Å²) in [5.41, 5.74) is 7.00. The average molecular weight is 374 g/mol. The molecule has 2 aromatic rings. The fourth-order valence-electron chi connectivity index (χ4n) is 2.33. The SMILES string of the molecule is CC(C)(C)SCCNC(=O)c1ccc(-c2ccc(F)c(C(N)=O)c2)cc1. The molecule has 3 N–H and O–H groups in total. The Hall–Kier alpha value is -2.34. The number of thioether (sulfide) groups is 1. The number of hydrogen-bond donors (Lipinski definition) is 2. The summed E-state index contributed by atoms with van der Waals surface area (Å²) >= 11 is 1.79. The van der Waals surface area contributed by atoms with Crippen molar-refractivity contribution in [2.24, 2.45) is 5.73 Å². The molecule has 0 aliphatic rings. The first-order valence-electron chi connectivity index (χ1n) is 8.29. The number of halogens is 1. The summed E-state index contributed by atoms with van der Waals surface area (Å²) in [6, 6.07) is 11.1. The quantitative estimate of drug-likeness (QED) is 0.754. The largest absolute Gasteiger partial charge is 0.366 e. The first-order chi connectivity index (χ1) is 12.2. The van der Waals surface area contributed by atoms with E-state index in [0.717, 1.165) is 11.3 Å². The molecule has 0 heterocycles. The minimum absolute atomic E-state index is 0.136. The highest BCUT2D eigenvalue weighted by Crippen LogP contribution is 2.23. The second-order valence-corrected chi connectivity index (χ2v) is 8.77. The van der Waals surface area contributed by atoms with E-state index in [1.54, 1.807) is 42.1 Å². The first-order valence-corrected chi connectivity index (χ1v) is 9.28. The maximum absolute atomic E-state index is 13.6. The molecule has 0 saturated heterocycles. The molecule has 0 atom stereocenters. The standard InChI is InChI=1S/C20H23FN2O2S/c1-20(2,3)26-11-10-23-19(25)14-6-4-13(5-7-14)15-8-9-17(21)16(12-15)18(22)24/h4-9,12H,10-11H2,1-3H3,(H2,22,24)(H,23,25). The van der Waals surface area contributed by atoms with Crippen molar-refractivity contribution < 1.29 is 14.0 Å². The number of carbonyl (C=O) groups excluding carboxylic acids is 2. The Labute approximate surface area is 157 Å². The fraction of sp³-hybridized carbons (Fsp3) is 0.300. The van der Waals surface area contributed by atoms with E-state index in [9.17, 15) is 14.0 Å². The normalized spacial score (nSPS) is 11.2. The number of hydrogen-bond acceptors (Lipinski definition) is 3. The van der Waals surface area contributed by atoms with Gasteiger partial charge in [0.1, 0.15) is 5.82 Å². The number of nitrogens with one attached hydrogen (secondary N) is 1. The fourth-order valence-corrected chi connectivity index (χ4v) is 3.15. The summed E-state index contributed by atoms with van der Waals surface area (Å²) in [7, 11) is 0. The number of carbonyl (C=O) groups is 2. The van der Waals surface area contributed by atoms with Crippen LogP contribution >= 0.6 is 11.8 Å².